The van der Waals surface area contributed by atoms with Gasteiger partial charge in [-0.1, -0.05) is 35.5 Å². The van der Waals surface area contributed by atoms with Gasteiger partial charge in [0.25, 0.3) is 0 Å². The second kappa shape index (κ2) is 5.42. The fourth-order valence-corrected chi connectivity index (χ4v) is 2.33. The maximum atomic E-state index is 5.91. The van der Waals surface area contributed by atoms with E-state index in [9.17, 15) is 0 Å². The topological polar surface area (TPSA) is 64.5 Å². The molecular formula is C14H17N3O2. The lowest BCUT2D eigenvalue weighted by atomic mass is 10.1. The molecule has 0 spiro atoms. The average Bonchev–Trinajstić information content (AvgIpc) is 2.82. The van der Waals surface area contributed by atoms with Crippen LogP contribution >= 0.6 is 0 Å². The summed E-state index contributed by atoms with van der Waals surface area (Å²) in [6, 6.07) is 9.99. The summed E-state index contributed by atoms with van der Waals surface area (Å²) >= 11 is 0. The van der Waals surface area contributed by atoms with Crippen molar-refractivity contribution in [2.75, 3.05) is 32.0 Å². The Balaban J connectivity index is 1.86. The molecule has 0 unspecified atom stereocenters. The summed E-state index contributed by atoms with van der Waals surface area (Å²) in [6.07, 6.45) is 0. The fourth-order valence-electron chi connectivity index (χ4n) is 2.33. The first-order chi connectivity index (χ1) is 9.34. The first kappa shape index (κ1) is 12.2. The van der Waals surface area contributed by atoms with Crippen molar-refractivity contribution in [3.63, 3.8) is 0 Å². The molecule has 19 heavy (non-hydrogen) atoms. The van der Waals surface area contributed by atoms with Gasteiger partial charge in [0.2, 0.25) is 5.88 Å². The minimum Gasteiger partial charge on any atom is -0.379 e. The van der Waals surface area contributed by atoms with Gasteiger partial charge < -0.3 is 15.0 Å². The van der Waals surface area contributed by atoms with Crippen LogP contribution in [0.5, 0.6) is 0 Å². The lowest BCUT2D eigenvalue weighted by Crippen LogP contribution is -2.35. The highest BCUT2D eigenvalue weighted by Crippen LogP contribution is 2.30. The van der Waals surface area contributed by atoms with Crippen LogP contribution in [0.25, 0.3) is 11.1 Å². The molecule has 0 bridgehead atoms. The molecule has 1 fully saturated rings. The molecule has 1 saturated heterocycles. The van der Waals surface area contributed by atoms with E-state index < -0.39 is 0 Å². The van der Waals surface area contributed by atoms with Crippen LogP contribution in [-0.4, -0.2) is 36.4 Å². The SMILES string of the molecule is Nc1onc(CN2CCOCC2)c1-c1ccccc1. The summed E-state index contributed by atoms with van der Waals surface area (Å²) < 4.78 is 10.5. The standard InChI is InChI=1S/C14H17N3O2/c15-14-13(11-4-2-1-3-5-11)12(16-19-14)10-17-6-8-18-9-7-17/h1-5H,6-10,15H2. The van der Waals surface area contributed by atoms with E-state index in [1.165, 1.54) is 0 Å². The smallest absolute Gasteiger partial charge is 0.230 e. The van der Waals surface area contributed by atoms with Crippen molar-refractivity contribution in [1.82, 2.24) is 10.1 Å². The molecule has 0 aliphatic carbocycles. The molecule has 100 valence electrons. The quantitative estimate of drug-likeness (QED) is 0.909. The highest BCUT2D eigenvalue weighted by Gasteiger charge is 2.19. The summed E-state index contributed by atoms with van der Waals surface area (Å²) in [7, 11) is 0. The molecule has 0 saturated carbocycles. The number of morpholine rings is 1. The highest BCUT2D eigenvalue weighted by atomic mass is 16.5. The third-order valence-electron chi connectivity index (χ3n) is 3.33. The molecule has 5 nitrogen and oxygen atoms in total. The van der Waals surface area contributed by atoms with E-state index in [0.29, 0.717) is 5.88 Å². The van der Waals surface area contributed by atoms with Gasteiger partial charge in [0, 0.05) is 19.6 Å². The van der Waals surface area contributed by atoms with E-state index in [2.05, 4.69) is 10.1 Å². The summed E-state index contributed by atoms with van der Waals surface area (Å²) in [5, 5.41) is 4.10. The summed E-state index contributed by atoms with van der Waals surface area (Å²) in [6.45, 7) is 4.12. The number of nitrogens with two attached hydrogens (primary N) is 1. The number of aromatic nitrogens is 1. The molecule has 1 aromatic carbocycles. The van der Waals surface area contributed by atoms with Crippen LogP contribution in [0.2, 0.25) is 0 Å². The molecule has 2 heterocycles. The molecule has 2 N–H and O–H groups in total. The van der Waals surface area contributed by atoms with Crippen molar-refractivity contribution >= 4 is 5.88 Å². The van der Waals surface area contributed by atoms with Crippen molar-refractivity contribution in [1.29, 1.82) is 0 Å². The second-order valence-corrected chi connectivity index (χ2v) is 4.62. The molecular weight excluding hydrogens is 242 g/mol. The number of ether oxygens (including phenoxy) is 1. The molecule has 0 amide bonds. The van der Waals surface area contributed by atoms with Gasteiger partial charge in [-0.15, -0.1) is 0 Å². The zero-order chi connectivity index (χ0) is 13.1. The van der Waals surface area contributed by atoms with Crippen LogP contribution in [0, 0.1) is 0 Å². The molecule has 2 aromatic rings. The number of rotatable bonds is 3. The molecule has 0 radical (unpaired) electrons. The monoisotopic (exact) mass is 259 g/mol. The fraction of sp³-hybridized carbons (Fsp3) is 0.357. The molecule has 1 aliphatic rings. The zero-order valence-corrected chi connectivity index (χ0v) is 10.7. The Morgan fingerprint density at radius 1 is 1.16 bits per heavy atom. The minimum atomic E-state index is 0.384. The molecule has 5 heteroatoms. The Labute approximate surface area is 111 Å². The molecule has 1 aliphatic heterocycles. The van der Waals surface area contributed by atoms with Gasteiger partial charge in [0.1, 0.15) is 5.69 Å². The van der Waals surface area contributed by atoms with Crippen LogP contribution in [0.3, 0.4) is 0 Å². The van der Waals surface area contributed by atoms with Gasteiger partial charge >= 0.3 is 0 Å². The average molecular weight is 259 g/mol. The van der Waals surface area contributed by atoms with Crippen LogP contribution < -0.4 is 5.73 Å². The Morgan fingerprint density at radius 2 is 1.89 bits per heavy atom. The van der Waals surface area contributed by atoms with Crippen molar-refractivity contribution < 1.29 is 9.26 Å². The number of nitrogens with zero attached hydrogens (tertiary/aromatic N) is 2. The molecule has 1 aromatic heterocycles. The number of hydrogen-bond donors (Lipinski definition) is 1. The lowest BCUT2D eigenvalue weighted by Gasteiger charge is -2.25. The lowest BCUT2D eigenvalue weighted by molar-refractivity contribution is 0.0333. The van der Waals surface area contributed by atoms with Crippen molar-refractivity contribution in [3.8, 4) is 11.1 Å². The van der Waals surface area contributed by atoms with E-state index in [-0.39, 0.29) is 0 Å². The minimum absolute atomic E-state index is 0.384. The van der Waals surface area contributed by atoms with Crippen molar-refractivity contribution in [2.24, 2.45) is 0 Å². The predicted octanol–water partition coefficient (Wildman–Crippen LogP) is 1.76. The molecule has 0 atom stereocenters. The highest BCUT2D eigenvalue weighted by molar-refractivity contribution is 5.74. The second-order valence-electron chi connectivity index (χ2n) is 4.62. The Hall–Kier alpha value is -1.85. The van der Waals surface area contributed by atoms with Crippen molar-refractivity contribution in [3.05, 3.63) is 36.0 Å². The van der Waals surface area contributed by atoms with Gasteiger partial charge in [-0.2, -0.15) is 0 Å². The van der Waals surface area contributed by atoms with E-state index in [1.807, 2.05) is 30.3 Å². The van der Waals surface area contributed by atoms with Gasteiger partial charge in [-0.3, -0.25) is 4.90 Å². The first-order valence-corrected chi connectivity index (χ1v) is 6.44. The normalized spacial score (nSPS) is 16.6. The van der Waals surface area contributed by atoms with E-state index in [4.69, 9.17) is 15.0 Å². The number of nitrogen functional groups attached to an aromatic ring is 1. The van der Waals surface area contributed by atoms with Crippen LogP contribution in [0.1, 0.15) is 5.69 Å². The first-order valence-electron chi connectivity index (χ1n) is 6.44. The van der Waals surface area contributed by atoms with Gasteiger partial charge in [0.05, 0.1) is 18.8 Å². The molecule has 3 rings (SSSR count). The summed E-state index contributed by atoms with van der Waals surface area (Å²) in [4.78, 5) is 2.30. The van der Waals surface area contributed by atoms with Crippen LogP contribution in [0.4, 0.5) is 5.88 Å². The third kappa shape index (κ3) is 2.62. The van der Waals surface area contributed by atoms with Crippen molar-refractivity contribution in [2.45, 2.75) is 6.54 Å². The van der Waals surface area contributed by atoms with E-state index >= 15 is 0 Å². The number of anilines is 1. The maximum absolute atomic E-state index is 5.91. The number of benzene rings is 1. The summed E-state index contributed by atoms with van der Waals surface area (Å²) in [5.41, 5.74) is 8.76. The third-order valence-corrected chi connectivity index (χ3v) is 3.33. The van der Waals surface area contributed by atoms with E-state index in [0.717, 1.165) is 49.7 Å². The largest absolute Gasteiger partial charge is 0.379 e. The maximum Gasteiger partial charge on any atom is 0.230 e. The summed E-state index contributed by atoms with van der Waals surface area (Å²) in [5.74, 6) is 0.384. The Kier molecular flexibility index (Phi) is 3.48. The van der Waals surface area contributed by atoms with E-state index in [1.54, 1.807) is 0 Å². The predicted molar refractivity (Wildman–Crippen MR) is 72.4 cm³/mol. The Morgan fingerprint density at radius 3 is 2.63 bits per heavy atom. The van der Waals surface area contributed by atoms with Crippen LogP contribution in [-0.2, 0) is 11.3 Å². The zero-order valence-electron chi connectivity index (χ0n) is 10.7. The Bertz CT molecular complexity index is 533. The van der Waals surface area contributed by atoms with Gasteiger partial charge in [-0.25, -0.2) is 0 Å². The number of hydrogen-bond acceptors (Lipinski definition) is 5. The van der Waals surface area contributed by atoms with Crippen LogP contribution in [0.15, 0.2) is 34.9 Å². The van der Waals surface area contributed by atoms with Gasteiger partial charge in [-0.05, 0) is 5.56 Å². The van der Waals surface area contributed by atoms with Gasteiger partial charge in [0.15, 0.2) is 0 Å².